The second kappa shape index (κ2) is 7.60. The lowest BCUT2D eigenvalue weighted by Crippen LogP contribution is -3.11. The molecule has 3 nitrogen and oxygen atoms in total. The summed E-state index contributed by atoms with van der Waals surface area (Å²) in [4.78, 5) is 18.5. The van der Waals surface area contributed by atoms with Crippen LogP contribution in [-0.2, 0) is 4.79 Å². The monoisotopic (exact) mass is 361 g/mol. The lowest BCUT2D eigenvalue weighted by atomic mass is 10.2. The maximum atomic E-state index is 13.0. The second-order valence-corrected chi connectivity index (χ2v) is 7.39. The molecular weight excluding hydrogens is 340 g/mol. The predicted octanol–water partition coefficient (Wildman–Crippen LogP) is 3.78. The molecule has 0 saturated heterocycles. The molecule has 1 N–H and O–H groups in total. The molecule has 0 saturated carbocycles. The number of hydrogen-bond acceptors (Lipinski definition) is 2. The van der Waals surface area contributed by atoms with E-state index < -0.39 is 0 Å². The normalized spacial score (nSPS) is 12.9. The quantitative estimate of drug-likeness (QED) is 0.876. The number of carbonyl (C=O) groups excluding carboxylic acids is 1. The lowest BCUT2D eigenvalue weighted by molar-refractivity contribution is -0.895. The molecule has 0 fully saturated rings. The fourth-order valence-corrected chi connectivity index (χ4v) is 4.20. The van der Waals surface area contributed by atoms with Crippen LogP contribution in [0.4, 0.5) is 11.4 Å². The van der Waals surface area contributed by atoms with Crippen LogP contribution in [0, 0.1) is 0 Å². The van der Waals surface area contributed by atoms with E-state index in [0.29, 0.717) is 11.4 Å². The molecule has 0 spiro atoms. The van der Waals surface area contributed by atoms with Crippen LogP contribution in [-0.4, -0.2) is 25.5 Å². The minimum atomic E-state index is 0.130. The number of amides is 1. The number of benzene rings is 2. The highest BCUT2D eigenvalue weighted by molar-refractivity contribution is 7.99. The summed E-state index contributed by atoms with van der Waals surface area (Å²) in [5.74, 6) is 0.130. The maximum absolute atomic E-state index is 13.0. The van der Waals surface area contributed by atoms with Crippen molar-refractivity contribution in [1.82, 2.24) is 0 Å². The molecule has 1 amide bonds. The van der Waals surface area contributed by atoms with E-state index in [1.54, 1.807) is 11.8 Å². The third kappa shape index (κ3) is 3.46. The second-order valence-electron chi connectivity index (χ2n) is 5.87. The summed E-state index contributed by atoms with van der Waals surface area (Å²) in [6.07, 6.45) is 0.530. The van der Waals surface area contributed by atoms with E-state index in [1.165, 1.54) is 4.90 Å². The highest BCUT2D eigenvalue weighted by Crippen LogP contribution is 2.48. The Kier molecular flexibility index (Phi) is 5.49. The van der Waals surface area contributed by atoms with Crippen LogP contribution in [0.3, 0.4) is 0 Å². The molecule has 2 aromatic rings. The summed E-state index contributed by atoms with van der Waals surface area (Å²) in [5.41, 5.74) is 1.85. The Morgan fingerprint density at radius 2 is 1.79 bits per heavy atom. The van der Waals surface area contributed by atoms with E-state index in [1.807, 2.05) is 41.3 Å². The van der Waals surface area contributed by atoms with Gasteiger partial charge in [-0.1, -0.05) is 35.5 Å². The van der Waals surface area contributed by atoms with Gasteiger partial charge in [0.1, 0.15) is 0 Å². The Labute approximate surface area is 152 Å². The minimum absolute atomic E-state index is 0.130. The molecule has 0 aliphatic carbocycles. The van der Waals surface area contributed by atoms with Crippen molar-refractivity contribution < 1.29 is 9.69 Å². The van der Waals surface area contributed by atoms with Crippen LogP contribution in [0.1, 0.15) is 20.3 Å². The molecule has 0 radical (unpaired) electrons. The van der Waals surface area contributed by atoms with Crippen LogP contribution in [0.5, 0.6) is 0 Å². The molecule has 24 heavy (non-hydrogen) atoms. The van der Waals surface area contributed by atoms with Gasteiger partial charge in [-0.25, -0.2) is 0 Å². The van der Waals surface area contributed by atoms with Gasteiger partial charge in [0.05, 0.1) is 37.4 Å². The molecule has 5 heteroatoms. The zero-order valence-corrected chi connectivity index (χ0v) is 15.6. The number of rotatable bonds is 5. The van der Waals surface area contributed by atoms with Gasteiger partial charge in [0.2, 0.25) is 5.91 Å². The first-order chi connectivity index (χ1) is 11.6. The number of carbonyl (C=O) groups is 1. The van der Waals surface area contributed by atoms with Crippen LogP contribution in [0.25, 0.3) is 0 Å². The molecule has 0 bridgehead atoms. The lowest BCUT2D eigenvalue weighted by Gasteiger charge is -2.31. The predicted molar refractivity (Wildman–Crippen MR) is 101 cm³/mol. The van der Waals surface area contributed by atoms with Gasteiger partial charge in [-0.05, 0) is 44.2 Å². The average molecular weight is 362 g/mol. The number of fused-ring (bicyclic) bond motifs is 2. The van der Waals surface area contributed by atoms with Crippen molar-refractivity contribution in [1.29, 1.82) is 0 Å². The Bertz CT molecular complexity index is 746. The van der Waals surface area contributed by atoms with E-state index in [9.17, 15) is 4.79 Å². The number of nitrogens with zero attached hydrogens (tertiary/aromatic N) is 1. The molecule has 0 atom stereocenters. The largest absolute Gasteiger partial charge is 0.335 e. The van der Waals surface area contributed by atoms with Gasteiger partial charge in [-0.2, -0.15) is 0 Å². The molecule has 0 aromatic heterocycles. The number of quaternary nitrogens is 1. The first-order valence-electron chi connectivity index (χ1n) is 8.37. The van der Waals surface area contributed by atoms with Gasteiger partial charge in [0.25, 0.3) is 0 Å². The topological polar surface area (TPSA) is 24.8 Å². The number of hydrogen-bond donors (Lipinski definition) is 1. The van der Waals surface area contributed by atoms with Crippen molar-refractivity contribution in [2.24, 2.45) is 0 Å². The molecule has 1 aliphatic heterocycles. The zero-order chi connectivity index (χ0) is 17.1. The van der Waals surface area contributed by atoms with E-state index in [2.05, 4.69) is 19.9 Å². The zero-order valence-electron chi connectivity index (χ0n) is 14.0. The van der Waals surface area contributed by atoms with Crippen LogP contribution < -0.4 is 9.80 Å². The van der Waals surface area contributed by atoms with E-state index >= 15 is 0 Å². The van der Waals surface area contributed by atoms with Gasteiger partial charge in [0.15, 0.2) is 0 Å². The Hall–Kier alpha value is -1.49. The number of nitrogens with one attached hydrogen (secondary N) is 1. The summed E-state index contributed by atoms with van der Waals surface area (Å²) in [5, 5.41) is 0.654. The summed E-state index contributed by atoms with van der Waals surface area (Å²) in [7, 11) is 0. The minimum Gasteiger partial charge on any atom is -0.335 e. The number of halogens is 1. The Morgan fingerprint density at radius 3 is 2.54 bits per heavy atom. The van der Waals surface area contributed by atoms with Gasteiger partial charge in [-0.15, -0.1) is 0 Å². The van der Waals surface area contributed by atoms with Crippen molar-refractivity contribution in [3.8, 4) is 0 Å². The number of anilines is 2. The van der Waals surface area contributed by atoms with Crippen molar-refractivity contribution in [2.45, 2.75) is 30.1 Å². The molecule has 126 valence electrons. The Morgan fingerprint density at radius 1 is 1.08 bits per heavy atom. The highest BCUT2D eigenvalue weighted by atomic mass is 35.5. The third-order valence-electron chi connectivity index (χ3n) is 4.43. The summed E-state index contributed by atoms with van der Waals surface area (Å²) in [6.45, 7) is 7.25. The fourth-order valence-electron chi connectivity index (χ4n) is 3.00. The smallest absolute Gasteiger partial charge is 0.237 e. The van der Waals surface area contributed by atoms with E-state index in [4.69, 9.17) is 11.6 Å². The van der Waals surface area contributed by atoms with E-state index in [-0.39, 0.29) is 5.91 Å². The molecular formula is C19H22ClN2OS+. The number of para-hydroxylation sites is 1. The van der Waals surface area contributed by atoms with Crippen molar-refractivity contribution in [3.63, 3.8) is 0 Å². The molecule has 0 unspecified atom stereocenters. The van der Waals surface area contributed by atoms with E-state index in [0.717, 1.165) is 40.8 Å². The maximum Gasteiger partial charge on any atom is 0.237 e. The van der Waals surface area contributed by atoms with Gasteiger partial charge in [0, 0.05) is 14.8 Å². The third-order valence-corrected chi connectivity index (χ3v) is 5.80. The Balaban J connectivity index is 1.94. The first-order valence-corrected chi connectivity index (χ1v) is 9.56. The van der Waals surface area contributed by atoms with Crippen molar-refractivity contribution in [2.75, 3.05) is 24.5 Å². The average Bonchev–Trinajstić information content (AvgIpc) is 2.60. The van der Waals surface area contributed by atoms with Gasteiger partial charge >= 0.3 is 0 Å². The summed E-state index contributed by atoms with van der Waals surface area (Å²) >= 11 is 7.88. The van der Waals surface area contributed by atoms with Crippen LogP contribution in [0.15, 0.2) is 52.3 Å². The van der Waals surface area contributed by atoms with Crippen molar-refractivity contribution >= 4 is 40.6 Å². The fraction of sp³-hybridized carbons (Fsp3) is 0.316. The summed E-state index contributed by atoms with van der Waals surface area (Å²) < 4.78 is 0. The van der Waals surface area contributed by atoms with Gasteiger partial charge in [-0.3, -0.25) is 9.69 Å². The molecule has 2 aromatic carbocycles. The molecule has 1 heterocycles. The van der Waals surface area contributed by atoms with Gasteiger partial charge < -0.3 is 4.90 Å². The molecule has 3 rings (SSSR count). The highest BCUT2D eigenvalue weighted by Gasteiger charge is 2.28. The van der Waals surface area contributed by atoms with Crippen LogP contribution >= 0.6 is 23.4 Å². The van der Waals surface area contributed by atoms with Crippen LogP contribution in [0.2, 0.25) is 5.02 Å². The van der Waals surface area contributed by atoms with Crippen molar-refractivity contribution in [3.05, 3.63) is 47.5 Å². The first kappa shape index (κ1) is 17.3. The SMILES string of the molecule is CC[NH+](CC)CCC(=O)N1c2ccccc2Sc2ccc(Cl)cc21. The standard InChI is InChI=1S/C19H21ClN2OS/c1-3-21(4-2)12-11-19(23)22-15-7-5-6-8-17(15)24-18-10-9-14(20)13-16(18)22/h5-10,13H,3-4,11-12H2,1-2H3/p+1. The summed E-state index contributed by atoms with van der Waals surface area (Å²) in [6, 6.07) is 13.8. The molecule has 1 aliphatic rings.